The maximum atomic E-state index is 10.7. The van der Waals surface area contributed by atoms with Gasteiger partial charge in [0.1, 0.15) is 0 Å². The summed E-state index contributed by atoms with van der Waals surface area (Å²) in [5.41, 5.74) is 0. The van der Waals surface area contributed by atoms with E-state index in [-0.39, 0.29) is 143 Å². The van der Waals surface area contributed by atoms with E-state index >= 15 is 0 Å². The van der Waals surface area contributed by atoms with Crippen LogP contribution in [0.5, 0.6) is 0 Å². The van der Waals surface area contributed by atoms with Gasteiger partial charge in [0.15, 0.2) is 0 Å². The molecule has 0 aliphatic heterocycles. The molecule has 0 N–H and O–H groups in total. The molecule has 1 fully saturated rings. The Kier molecular flexibility index (Phi) is 27.8. The van der Waals surface area contributed by atoms with Gasteiger partial charge >= 0.3 is 118 Å². The van der Waals surface area contributed by atoms with Crippen molar-refractivity contribution >= 4 is 23.9 Å². The molecule has 0 aromatic carbocycles. The van der Waals surface area contributed by atoms with Crippen LogP contribution in [-0.4, -0.2) is 72.9 Å². The van der Waals surface area contributed by atoms with E-state index in [4.69, 9.17) is 0 Å². The van der Waals surface area contributed by atoms with Crippen LogP contribution in [0, 0.1) is 11.8 Å². The zero-order valence-electron chi connectivity index (χ0n) is 18.4. The SMILES string of the molecule is O=C([O-])CN(CC(=O)[O-])CC1CCC(CN(CC(=O)[O-])CC(=O)[O-])CC1.[Na+].[Na+].[Na+].[Na+]. The second kappa shape index (κ2) is 21.3. The largest absolute Gasteiger partial charge is 1.00 e. The molecule has 0 unspecified atom stereocenters. The van der Waals surface area contributed by atoms with E-state index in [1.165, 1.54) is 9.80 Å². The maximum Gasteiger partial charge on any atom is 1.00 e. The third-order valence-electron chi connectivity index (χ3n) is 4.41. The van der Waals surface area contributed by atoms with Gasteiger partial charge in [-0.2, -0.15) is 0 Å². The number of carboxylic acid groups (broad SMARTS) is 4. The molecule has 1 aliphatic rings. The molecule has 14 heteroatoms. The van der Waals surface area contributed by atoms with Crippen LogP contribution < -0.4 is 139 Å². The number of nitrogens with zero attached hydrogens (tertiary/aromatic N) is 2. The van der Waals surface area contributed by atoms with Gasteiger partial charge in [0, 0.05) is 39.3 Å². The Balaban J connectivity index is -0.000000845. The van der Waals surface area contributed by atoms with Crippen molar-refractivity contribution in [3.8, 4) is 0 Å². The molecule has 148 valence electrons. The van der Waals surface area contributed by atoms with Gasteiger partial charge in [0.2, 0.25) is 0 Å². The topological polar surface area (TPSA) is 167 Å². The minimum Gasteiger partial charge on any atom is -0.549 e. The van der Waals surface area contributed by atoms with Crippen LogP contribution in [0.1, 0.15) is 25.7 Å². The normalized spacial score (nSPS) is 17.5. The van der Waals surface area contributed by atoms with Crippen LogP contribution in [0.4, 0.5) is 0 Å². The zero-order chi connectivity index (χ0) is 19.7. The summed E-state index contributed by atoms with van der Waals surface area (Å²) in [5.74, 6) is -5.25. The summed E-state index contributed by atoms with van der Waals surface area (Å²) < 4.78 is 0. The number of aliphatic carboxylic acids is 4. The summed E-state index contributed by atoms with van der Waals surface area (Å²) in [5, 5.41) is 42.8. The van der Waals surface area contributed by atoms with E-state index in [2.05, 4.69) is 0 Å². The van der Waals surface area contributed by atoms with Crippen molar-refractivity contribution < 1.29 is 158 Å². The molecule has 0 heterocycles. The molecule has 0 atom stereocenters. The number of hydrogen-bond acceptors (Lipinski definition) is 10. The molecule has 0 radical (unpaired) electrons. The van der Waals surface area contributed by atoms with Gasteiger partial charge in [-0.3, -0.25) is 9.80 Å². The third kappa shape index (κ3) is 19.3. The molecule has 1 aliphatic carbocycles. The van der Waals surface area contributed by atoms with Gasteiger partial charge in [0.25, 0.3) is 0 Å². The Morgan fingerprint density at radius 3 is 0.900 bits per heavy atom. The van der Waals surface area contributed by atoms with E-state index in [1.807, 2.05) is 0 Å². The first-order valence-corrected chi connectivity index (χ1v) is 8.39. The molecule has 0 aromatic rings. The molecule has 0 bridgehead atoms. The Labute approximate surface area is 264 Å². The molecule has 30 heavy (non-hydrogen) atoms. The van der Waals surface area contributed by atoms with Crippen LogP contribution in [-0.2, 0) is 19.2 Å². The molecular formula is C16H22N2Na4O8. The summed E-state index contributed by atoms with van der Waals surface area (Å²) in [6, 6.07) is 0. The minimum absolute atomic E-state index is 0. The number of rotatable bonds is 12. The third-order valence-corrected chi connectivity index (χ3v) is 4.41. The molecule has 0 amide bonds. The van der Waals surface area contributed by atoms with Crippen LogP contribution in [0.25, 0.3) is 0 Å². The Morgan fingerprint density at radius 1 is 0.533 bits per heavy atom. The summed E-state index contributed by atoms with van der Waals surface area (Å²) in [4.78, 5) is 45.3. The van der Waals surface area contributed by atoms with Gasteiger partial charge < -0.3 is 39.6 Å². The van der Waals surface area contributed by atoms with Gasteiger partial charge in [0.05, 0.1) is 23.9 Å². The Bertz CT molecular complexity index is 455. The van der Waals surface area contributed by atoms with Crippen LogP contribution >= 0.6 is 0 Å². The summed E-state index contributed by atoms with van der Waals surface area (Å²) in [7, 11) is 0. The monoisotopic (exact) mass is 462 g/mol. The second-order valence-corrected chi connectivity index (χ2v) is 6.71. The van der Waals surface area contributed by atoms with Crippen LogP contribution in [0.3, 0.4) is 0 Å². The predicted octanol–water partition coefficient (Wildman–Crippen LogP) is -17.6. The van der Waals surface area contributed by atoms with Gasteiger partial charge in [-0.1, -0.05) is 0 Å². The van der Waals surface area contributed by atoms with Crippen LogP contribution in [0.15, 0.2) is 0 Å². The van der Waals surface area contributed by atoms with Gasteiger partial charge in [-0.25, -0.2) is 0 Å². The van der Waals surface area contributed by atoms with Crippen LogP contribution in [0.2, 0.25) is 0 Å². The second-order valence-electron chi connectivity index (χ2n) is 6.71. The number of hydrogen-bond donors (Lipinski definition) is 0. The Morgan fingerprint density at radius 2 is 0.733 bits per heavy atom. The fourth-order valence-corrected chi connectivity index (χ4v) is 3.43. The molecule has 0 spiro atoms. The van der Waals surface area contributed by atoms with Crippen molar-refractivity contribution in [3.63, 3.8) is 0 Å². The van der Waals surface area contributed by atoms with Crippen molar-refractivity contribution in [2.45, 2.75) is 25.7 Å². The average molecular weight is 462 g/mol. The summed E-state index contributed by atoms with van der Waals surface area (Å²) in [6.07, 6.45) is 2.80. The molecule has 1 rings (SSSR count). The van der Waals surface area contributed by atoms with E-state index in [0.717, 1.165) is 0 Å². The smallest absolute Gasteiger partial charge is 0.549 e. The average Bonchev–Trinajstić information content (AvgIpc) is 2.46. The zero-order valence-corrected chi connectivity index (χ0v) is 26.4. The first-order valence-electron chi connectivity index (χ1n) is 8.39. The van der Waals surface area contributed by atoms with E-state index in [9.17, 15) is 39.6 Å². The van der Waals surface area contributed by atoms with Gasteiger partial charge in [-0.15, -0.1) is 0 Å². The Hall–Kier alpha value is 1.80. The maximum absolute atomic E-state index is 10.7. The van der Waals surface area contributed by atoms with Crippen molar-refractivity contribution in [2.24, 2.45) is 11.8 Å². The van der Waals surface area contributed by atoms with Gasteiger partial charge in [-0.05, 0) is 37.5 Å². The van der Waals surface area contributed by atoms with Crippen molar-refractivity contribution in [3.05, 3.63) is 0 Å². The molecule has 1 saturated carbocycles. The first kappa shape index (κ1) is 39.0. The van der Waals surface area contributed by atoms with E-state index in [1.54, 1.807) is 0 Å². The molecule has 0 saturated heterocycles. The van der Waals surface area contributed by atoms with Crippen molar-refractivity contribution in [1.29, 1.82) is 0 Å². The fourth-order valence-electron chi connectivity index (χ4n) is 3.43. The fraction of sp³-hybridized carbons (Fsp3) is 0.750. The quantitative estimate of drug-likeness (QED) is 0.254. The number of carbonyl (C=O) groups excluding carboxylic acids is 4. The predicted molar refractivity (Wildman–Crippen MR) is 78.4 cm³/mol. The minimum atomic E-state index is -1.36. The van der Waals surface area contributed by atoms with Crippen molar-refractivity contribution in [1.82, 2.24) is 9.80 Å². The number of carboxylic acids is 4. The summed E-state index contributed by atoms with van der Waals surface area (Å²) >= 11 is 0. The molecule has 0 aromatic heterocycles. The number of carbonyl (C=O) groups is 4. The summed E-state index contributed by atoms with van der Waals surface area (Å²) in [6.45, 7) is -1.37. The first-order chi connectivity index (χ1) is 12.2. The van der Waals surface area contributed by atoms with E-state index < -0.39 is 50.1 Å². The molecular weight excluding hydrogens is 440 g/mol. The molecule has 10 nitrogen and oxygen atoms in total. The standard InChI is InChI=1S/C16H26N2O8.4Na/c19-13(20)7-17(8-14(21)22)5-11-1-2-12(4-3-11)6-18(9-15(23)24)10-16(25)26;;;;/h11-12H,1-10H2,(H,19,20)(H,21,22)(H,23,24)(H,25,26);;;;/q;4*+1/p-4. The van der Waals surface area contributed by atoms with E-state index in [0.29, 0.717) is 25.7 Å². The van der Waals surface area contributed by atoms with Crippen molar-refractivity contribution in [2.75, 3.05) is 39.3 Å².